The standard InChI is InChI=1S/C16H18N2/c1-4-11(2)16-9-15(12(3)18-16)14-7-5-13(10-17)6-8-14/h5-9,11,18H,4H2,1-3H3. The highest BCUT2D eigenvalue weighted by molar-refractivity contribution is 5.67. The Bertz CT molecular complexity index is 570. The lowest BCUT2D eigenvalue weighted by atomic mass is 10.0. The van der Waals surface area contributed by atoms with E-state index in [4.69, 9.17) is 5.26 Å². The van der Waals surface area contributed by atoms with Crippen LogP contribution in [0.4, 0.5) is 0 Å². The van der Waals surface area contributed by atoms with Crippen LogP contribution in [0.15, 0.2) is 30.3 Å². The van der Waals surface area contributed by atoms with Gasteiger partial charge in [0, 0.05) is 17.0 Å². The topological polar surface area (TPSA) is 39.6 Å². The molecule has 2 heteroatoms. The number of rotatable bonds is 3. The SMILES string of the molecule is CCC(C)c1cc(-c2ccc(C#N)cc2)c(C)[nH]1. The molecule has 1 heterocycles. The van der Waals surface area contributed by atoms with E-state index in [1.54, 1.807) is 0 Å². The molecule has 2 nitrogen and oxygen atoms in total. The maximum atomic E-state index is 8.81. The second kappa shape index (κ2) is 5.10. The van der Waals surface area contributed by atoms with Crippen LogP contribution in [0.2, 0.25) is 0 Å². The summed E-state index contributed by atoms with van der Waals surface area (Å²) in [5, 5.41) is 8.81. The zero-order valence-electron chi connectivity index (χ0n) is 11.1. The van der Waals surface area contributed by atoms with Crippen LogP contribution in [0, 0.1) is 18.3 Å². The summed E-state index contributed by atoms with van der Waals surface area (Å²) in [6, 6.07) is 12.1. The molecule has 0 aliphatic carbocycles. The molecule has 1 aromatic carbocycles. The van der Waals surface area contributed by atoms with Crippen LogP contribution in [0.25, 0.3) is 11.1 Å². The molecule has 18 heavy (non-hydrogen) atoms. The van der Waals surface area contributed by atoms with E-state index in [-0.39, 0.29) is 0 Å². The Balaban J connectivity index is 2.38. The van der Waals surface area contributed by atoms with Crippen LogP contribution in [-0.4, -0.2) is 4.98 Å². The zero-order valence-corrected chi connectivity index (χ0v) is 11.1. The van der Waals surface area contributed by atoms with E-state index in [0.29, 0.717) is 11.5 Å². The van der Waals surface area contributed by atoms with E-state index in [0.717, 1.165) is 12.0 Å². The van der Waals surface area contributed by atoms with Gasteiger partial charge in [0.15, 0.2) is 0 Å². The monoisotopic (exact) mass is 238 g/mol. The van der Waals surface area contributed by atoms with Crippen molar-refractivity contribution >= 4 is 0 Å². The largest absolute Gasteiger partial charge is 0.362 e. The van der Waals surface area contributed by atoms with Gasteiger partial charge in [-0.3, -0.25) is 0 Å². The summed E-state index contributed by atoms with van der Waals surface area (Å²) in [5.74, 6) is 0.552. The summed E-state index contributed by atoms with van der Waals surface area (Å²) in [6.45, 7) is 6.52. The van der Waals surface area contributed by atoms with Gasteiger partial charge in [0.2, 0.25) is 0 Å². The first kappa shape index (κ1) is 12.4. The highest BCUT2D eigenvalue weighted by atomic mass is 14.7. The molecule has 1 atom stereocenters. The van der Waals surface area contributed by atoms with Gasteiger partial charge < -0.3 is 4.98 Å². The lowest BCUT2D eigenvalue weighted by molar-refractivity contribution is 0.711. The van der Waals surface area contributed by atoms with Crippen LogP contribution < -0.4 is 0 Å². The Kier molecular flexibility index (Phi) is 3.53. The molecule has 0 bridgehead atoms. The summed E-state index contributed by atoms with van der Waals surface area (Å²) in [4.78, 5) is 3.46. The van der Waals surface area contributed by atoms with Gasteiger partial charge in [-0.2, -0.15) is 5.26 Å². The lowest BCUT2D eigenvalue weighted by Gasteiger charge is -2.04. The Labute approximate surface area is 108 Å². The molecule has 0 radical (unpaired) electrons. The Morgan fingerprint density at radius 1 is 1.28 bits per heavy atom. The molecule has 1 N–H and O–H groups in total. The number of nitriles is 1. The molecule has 0 spiro atoms. The summed E-state index contributed by atoms with van der Waals surface area (Å²) < 4.78 is 0. The van der Waals surface area contributed by atoms with E-state index in [9.17, 15) is 0 Å². The van der Waals surface area contributed by atoms with Gasteiger partial charge >= 0.3 is 0 Å². The van der Waals surface area contributed by atoms with Crippen LogP contribution in [0.5, 0.6) is 0 Å². The fourth-order valence-corrected chi connectivity index (χ4v) is 2.09. The highest BCUT2D eigenvalue weighted by Gasteiger charge is 2.10. The van der Waals surface area contributed by atoms with Crippen molar-refractivity contribution in [1.29, 1.82) is 5.26 Å². The zero-order chi connectivity index (χ0) is 13.1. The molecular formula is C16H18N2. The maximum absolute atomic E-state index is 8.81. The van der Waals surface area contributed by atoms with Crippen molar-refractivity contribution in [3.63, 3.8) is 0 Å². The Hall–Kier alpha value is -2.01. The molecule has 0 saturated heterocycles. The number of hydrogen-bond donors (Lipinski definition) is 1. The Morgan fingerprint density at radius 3 is 2.50 bits per heavy atom. The lowest BCUT2D eigenvalue weighted by Crippen LogP contribution is -1.90. The second-order valence-electron chi connectivity index (χ2n) is 4.76. The summed E-state index contributed by atoms with van der Waals surface area (Å²) in [5.41, 5.74) is 5.57. The van der Waals surface area contributed by atoms with Crippen molar-refractivity contribution in [3.05, 3.63) is 47.3 Å². The number of aromatic nitrogens is 1. The van der Waals surface area contributed by atoms with E-state index < -0.39 is 0 Å². The highest BCUT2D eigenvalue weighted by Crippen LogP contribution is 2.28. The molecule has 92 valence electrons. The quantitative estimate of drug-likeness (QED) is 0.847. The number of aromatic amines is 1. The number of benzene rings is 1. The van der Waals surface area contributed by atoms with Gasteiger partial charge in [-0.25, -0.2) is 0 Å². The van der Waals surface area contributed by atoms with Crippen molar-refractivity contribution in [2.45, 2.75) is 33.1 Å². The van der Waals surface area contributed by atoms with Gasteiger partial charge in [-0.15, -0.1) is 0 Å². The number of H-pyrrole nitrogens is 1. The van der Waals surface area contributed by atoms with Gasteiger partial charge in [0.1, 0.15) is 0 Å². The maximum Gasteiger partial charge on any atom is 0.0991 e. The normalized spacial score (nSPS) is 12.1. The van der Waals surface area contributed by atoms with Gasteiger partial charge in [-0.1, -0.05) is 26.0 Å². The summed E-state index contributed by atoms with van der Waals surface area (Å²) in [7, 11) is 0. The fourth-order valence-electron chi connectivity index (χ4n) is 2.09. The molecule has 0 fully saturated rings. The van der Waals surface area contributed by atoms with Crippen LogP contribution >= 0.6 is 0 Å². The van der Waals surface area contributed by atoms with Crippen LogP contribution in [0.1, 0.15) is 43.1 Å². The summed E-state index contributed by atoms with van der Waals surface area (Å²) >= 11 is 0. The minimum Gasteiger partial charge on any atom is -0.362 e. The third kappa shape index (κ3) is 2.31. The molecule has 2 aromatic rings. The molecule has 0 amide bonds. The number of hydrogen-bond acceptors (Lipinski definition) is 1. The molecule has 2 rings (SSSR count). The molecule has 0 saturated carbocycles. The fraction of sp³-hybridized carbons (Fsp3) is 0.312. The second-order valence-corrected chi connectivity index (χ2v) is 4.76. The van der Waals surface area contributed by atoms with Gasteiger partial charge in [0.25, 0.3) is 0 Å². The van der Waals surface area contributed by atoms with Gasteiger partial charge in [-0.05, 0) is 43.0 Å². The number of aryl methyl sites for hydroxylation is 1. The molecule has 1 unspecified atom stereocenters. The van der Waals surface area contributed by atoms with Crippen molar-refractivity contribution in [2.24, 2.45) is 0 Å². The molecule has 1 aromatic heterocycles. The van der Waals surface area contributed by atoms with Gasteiger partial charge in [0.05, 0.1) is 11.6 Å². The minimum absolute atomic E-state index is 0.552. The van der Waals surface area contributed by atoms with E-state index >= 15 is 0 Å². The van der Waals surface area contributed by atoms with Crippen LogP contribution in [-0.2, 0) is 0 Å². The number of nitrogens with one attached hydrogen (secondary N) is 1. The summed E-state index contributed by atoms with van der Waals surface area (Å²) in [6.07, 6.45) is 1.13. The average Bonchev–Trinajstić information content (AvgIpc) is 2.80. The van der Waals surface area contributed by atoms with Crippen molar-refractivity contribution < 1.29 is 0 Å². The predicted octanol–water partition coefficient (Wildman–Crippen LogP) is 4.38. The van der Waals surface area contributed by atoms with Crippen LogP contribution in [0.3, 0.4) is 0 Å². The molecular weight excluding hydrogens is 220 g/mol. The molecule has 0 aliphatic rings. The first-order valence-corrected chi connectivity index (χ1v) is 6.35. The van der Waals surface area contributed by atoms with Crippen molar-refractivity contribution in [1.82, 2.24) is 4.98 Å². The smallest absolute Gasteiger partial charge is 0.0991 e. The van der Waals surface area contributed by atoms with E-state index in [1.165, 1.54) is 17.0 Å². The minimum atomic E-state index is 0.552. The van der Waals surface area contributed by atoms with E-state index in [1.807, 2.05) is 24.3 Å². The molecule has 0 aliphatic heterocycles. The first-order chi connectivity index (χ1) is 8.65. The first-order valence-electron chi connectivity index (χ1n) is 6.35. The predicted molar refractivity (Wildman–Crippen MR) is 74.4 cm³/mol. The number of nitrogens with zero attached hydrogens (tertiary/aromatic N) is 1. The Morgan fingerprint density at radius 2 is 1.94 bits per heavy atom. The third-order valence-electron chi connectivity index (χ3n) is 3.50. The van der Waals surface area contributed by atoms with Crippen molar-refractivity contribution in [3.8, 4) is 17.2 Å². The van der Waals surface area contributed by atoms with E-state index in [2.05, 4.69) is 37.9 Å². The average molecular weight is 238 g/mol. The van der Waals surface area contributed by atoms with Crippen molar-refractivity contribution in [2.75, 3.05) is 0 Å². The third-order valence-corrected chi connectivity index (χ3v) is 3.50.